The predicted molar refractivity (Wildman–Crippen MR) is 170 cm³/mol. The van der Waals surface area contributed by atoms with Gasteiger partial charge >= 0.3 is 0 Å². The number of Topliss-reactive ketones (excluding diaryl/α,β-unsaturated/α-hetero) is 1. The Bertz CT molecular complexity index is 1600. The number of hydrogen-bond donors (Lipinski definition) is 3. The molecule has 1 aliphatic carbocycles. The molecule has 1 amide bonds. The highest BCUT2D eigenvalue weighted by molar-refractivity contribution is 8.00. The number of alkyl halides is 2. The summed E-state index contributed by atoms with van der Waals surface area (Å²) in [6, 6.07) is 4.34. The molecule has 2 fully saturated rings. The van der Waals surface area contributed by atoms with Gasteiger partial charge in [0.2, 0.25) is 0 Å². The minimum absolute atomic E-state index is 0.0473. The Kier molecular flexibility index (Phi) is 11.7. The zero-order valence-corrected chi connectivity index (χ0v) is 26.5. The van der Waals surface area contributed by atoms with Crippen LogP contribution in [0.3, 0.4) is 0 Å². The number of nitrogens with one attached hydrogen (secondary N) is 3. The normalized spacial score (nSPS) is 18.4. The van der Waals surface area contributed by atoms with E-state index in [4.69, 9.17) is 9.15 Å². The molecule has 1 saturated carbocycles. The number of carbonyl (C=O) groups excluding carboxylic acids is 2. The van der Waals surface area contributed by atoms with Crippen LogP contribution < -0.4 is 25.8 Å². The van der Waals surface area contributed by atoms with Crippen molar-refractivity contribution in [2.45, 2.75) is 57.8 Å². The van der Waals surface area contributed by atoms with Crippen molar-refractivity contribution in [2.75, 3.05) is 18.6 Å². The van der Waals surface area contributed by atoms with Gasteiger partial charge in [0.25, 0.3) is 12.3 Å². The first kappa shape index (κ1) is 33.6. The fourth-order valence-corrected chi connectivity index (χ4v) is 5.21. The van der Waals surface area contributed by atoms with Gasteiger partial charge in [-0.25, -0.2) is 24.6 Å². The summed E-state index contributed by atoms with van der Waals surface area (Å²) in [4.78, 5) is 36.2. The third-order valence-electron chi connectivity index (χ3n) is 6.64. The second-order valence-corrected chi connectivity index (χ2v) is 10.7. The number of ether oxygens (including phenoxy) is 1. The number of aromatic nitrogens is 2. The van der Waals surface area contributed by atoms with E-state index in [1.807, 2.05) is 27.7 Å². The van der Waals surface area contributed by atoms with Crippen LogP contribution in [0, 0.1) is 17.8 Å². The van der Waals surface area contributed by atoms with E-state index < -0.39 is 23.5 Å². The fourth-order valence-electron chi connectivity index (χ4n) is 4.36. The van der Waals surface area contributed by atoms with E-state index >= 15 is 0 Å². The average Bonchev–Trinajstić information content (AvgIpc) is 3.65. The molecular weight excluding hydrogens is 602 g/mol. The van der Waals surface area contributed by atoms with Crippen LogP contribution in [0.4, 0.5) is 14.6 Å². The molecule has 1 saturated heterocycles. The van der Waals surface area contributed by atoms with Crippen molar-refractivity contribution in [2.24, 2.45) is 5.92 Å². The van der Waals surface area contributed by atoms with E-state index in [0.717, 1.165) is 12.8 Å². The van der Waals surface area contributed by atoms with Crippen LogP contribution in [0.5, 0.6) is 5.75 Å². The van der Waals surface area contributed by atoms with E-state index in [1.165, 1.54) is 43.6 Å². The first-order chi connectivity index (χ1) is 21.9. The molecule has 2 aliphatic heterocycles. The summed E-state index contributed by atoms with van der Waals surface area (Å²) in [7, 11) is 1.38. The van der Waals surface area contributed by atoms with Gasteiger partial charge in [-0.15, -0.1) is 0 Å². The Labute approximate surface area is 265 Å². The Morgan fingerprint density at radius 1 is 1.11 bits per heavy atom. The Morgan fingerprint density at radius 2 is 1.89 bits per heavy atom. The molecule has 3 aliphatic rings. The van der Waals surface area contributed by atoms with E-state index in [2.05, 4.69) is 38.0 Å². The number of furan rings is 1. The number of anilines is 1. The van der Waals surface area contributed by atoms with Crippen molar-refractivity contribution < 1.29 is 27.5 Å². The molecular formula is C32H36F2N6O4S. The summed E-state index contributed by atoms with van der Waals surface area (Å²) >= 11 is 1.40. The first-order valence-electron chi connectivity index (χ1n) is 14.8. The lowest BCUT2D eigenvalue weighted by Crippen LogP contribution is -2.43. The molecule has 0 spiro atoms. The smallest absolute Gasteiger partial charge is 0.280 e. The number of rotatable bonds is 6. The number of carbonyl (C=O) groups is 2. The highest BCUT2D eigenvalue weighted by atomic mass is 32.2. The van der Waals surface area contributed by atoms with Crippen LogP contribution in [-0.4, -0.2) is 46.2 Å². The molecule has 13 heteroatoms. The topological polar surface area (TPSA) is 122 Å². The van der Waals surface area contributed by atoms with Gasteiger partial charge < -0.3 is 19.4 Å². The van der Waals surface area contributed by atoms with Crippen molar-refractivity contribution in [3.63, 3.8) is 0 Å². The monoisotopic (exact) mass is 638 g/mol. The minimum atomic E-state index is -2.84. The van der Waals surface area contributed by atoms with Crippen LogP contribution in [0.25, 0.3) is 17.2 Å². The molecule has 5 heterocycles. The Morgan fingerprint density at radius 3 is 2.60 bits per heavy atom. The number of hydrazine groups is 1. The van der Waals surface area contributed by atoms with Crippen molar-refractivity contribution in [1.29, 1.82) is 0 Å². The highest BCUT2D eigenvalue weighted by Gasteiger charge is 2.29. The van der Waals surface area contributed by atoms with Crippen LogP contribution in [-0.2, 0) is 0 Å². The maximum atomic E-state index is 13.7. The molecule has 45 heavy (non-hydrogen) atoms. The maximum Gasteiger partial charge on any atom is 0.280 e. The van der Waals surface area contributed by atoms with Gasteiger partial charge in [-0.2, -0.15) is 0 Å². The molecule has 2 atom stereocenters. The number of ketones is 1. The van der Waals surface area contributed by atoms with Crippen molar-refractivity contribution in [1.82, 2.24) is 26.1 Å². The van der Waals surface area contributed by atoms with Crippen molar-refractivity contribution >= 4 is 35.3 Å². The zero-order chi connectivity index (χ0) is 32.5. The summed E-state index contributed by atoms with van der Waals surface area (Å²) in [6.45, 7) is 7.95. The molecule has 0 radical (unpaired) electrons. The molecule has 0 bridgehead atoms. The lowest BCUT2D eigenvalue weighted by atomic mass is 9.99. The fraction of sp³-hybridized carbons (Fsp3) is 0.375. The number of nitrogens with zero attached hydrogens (tertiary/aromatic N) is 3. The summed E-state index contributed by atoms with van der Waals surface area (Å²) in [5.41, 5.74) is 6.11. The van der Waals surface area contributed by atoms with Crippen LogP contribution in [0.2, 0.25) is 0 Å². The summed E-state index contributed by atoms with van der Waals surface area (Å²) in [6.07, 6.45) is 6.64. The van der Waals surface area contributed by atoms with Gasteiger partial charge in [0.15, 0.2) is 5.78 Å². The number of thioether (sulfide) groups is 1. The van der Waals surface area contributed by atoms with Gasteiger partial charge in [-0.3, -0.25) is 14.6 Å². The summed E-state index contributed by atoms with van der Waals surface area (Å²) < 4.78 is 38.1. The first-order valence-corrected chi connectivity index (χ1v) is 15.7. The lowest BCUT2D eigenvalue weighted by molar-refractivity contribution is 0.0943. The molecule has 3 aromatic rings. The molecule has 3 aromatic heterocycles. The number of halogens is 2. The van der Waals surface area contributed by atoms with Gasteiger partial charge in [0.1, 0.15) is 33.9 Å². The molecule has 2 unspecified atom stereocenters. The van der Waals surface area contributed by atoms with Crippen LogP contribution in [0.15, 0.2) is 47.5 Å². The molecule has 6 rings (SSSR count). The molecule has 10 nitrogen and oxygen atoms in total. The Hall–Kier alpha value is -4.25. The number of amides is 1. The quantitative estimate of drug-likeness (QED) is 0.277. The van der Waals surface area contributed by atoms with Crippen LogP contribution >= 0.6 is 11.8 Å². The third kappa shape index (κ3) is 8.08. The lowest BCUT2D eigenvalue weighted by Gasteiger charge is -2.21. The van der Waals surface area contributed by atoms with E-state index in [9.17, 15) is 18.4 Å². The third-order valence-corrected chi connectivity index (χ3v) is 7.66. The number of pyridine rings is 2. The standard InChI is InChI=1S/C28H24F2N6O4S.2C2H6/c1-39-23-13-31-20(26(29)30)10-18(23)17-11-24(36-8-6-22-16(7-9-40-22)21(37)14-36)32-12-19(17)27(38)33-28-35-34-25(41-28)5-4-15-2-3-15;2*1-2/h6-13,15,25-26,28,34-35H,2-3,14H2,1H3,(H,33,38);2*1-2H3. The van der Waals surface area contributed by atoms with Crippen molar-refractivity contribution in [3.8, 4) is 28.7 Å². The predicted octanol–water partition coefficient (Wildman–Crippen LogP) is 6.00. The zero-order valence-electron chi connectivity index (χ0n) is 25.7. The number of fused-ring (bicyclic) bond motifs is 1. The largest absolute Gasteiger partial charge is 0.494 e. The minimum Gasteiger partial charge on any atom is -0.494 e. The van der Waals surface area contributed by atoms with Gasteiger partial charge in [-0.05, 0) is 37.1 Å². The van der Waals surface area contributed by atoms with Gasteiger partial charge in [-0.1, -0.05) is 51.3 Å². The SMILES string of the molecule is CC.CC.COc1cnc(C(F)F)cc1-c1cc(N2C=Cc3occc3C(=O)C2)ncc1C(=O)NC1NNC(C#CC2CC2)S1. The molecule has 3 N–H and O–H groups in total. The maximum absolute atomic E-state index is 13.7. The Balaban J connectivity index is 0.00000111. The second-order valence-electron chi connectivity index (χ2n) is 9.48. The average molecular weight is 639 g/mol. The highest BCUT2D eigenvalue weighted by Crippen LogP contribution is 2.37. The molecule has 0 aromatic carbocycles. The summed E-state index contributed by atoms with van der Waals surface area (Å²) in [5.74, 6) is 7.02. The van der Waals surface area contributed by atoms with Gasteiger partial charge in [0, 0.05) is 29.4 Å². The molecule has 238 valence electrons. The van der Waals surface area contributed by atoms with E-state index in [0.29, 0.717) is 23.1 Å². The van der Waals surface area contributed by atoms with E-state index in [-0.39, 0.29) is 40.1 Å². The second kappa shape index (κ2) is 15.7. The number of hydrogen-bond acceptors (Lipinski definition) is 10. The van der Waals surface area contributed by atoms with Crippen LogP contribution in [0.1, 0.15) is 79.1 Å². The number of methoxy groups -OCH3 is 1. The van der Waals surface area contributed by atoms with Crippen molar-refractivity contribution in [3.05, 3.63) is 65.6 Å². The summed E-state index contributed by atoms with van der Waals surface area (Å²) in [5, 5.41) is 2.68. The van der Waals surface area contributed by atoms with Gasteiger partial charge in [0.05, 0.1) is 37.2 Å². The van der Waals surface area contributed by atoms with E-state index in [1.54, 1.807) is 29.3 Å².